The summed E-state index contributed by atoms with van der Waals surface area (Å²) in [5.41, 5.74) is 2.71. The normalized spacial score (nSPS) is 11.6. The highest BCUT2D eigenvalue weighted by atomic mass is 32.2. The minimum Gasteiger partial charge on any atom is -0.322 e. The van der Waals surface area contributed by atoms with Crippen molar-refractivity contribution in [2.45, 2.75) is 11.8 Å². The Morgan fingerprint density at radius 1 is 0.960 bits per heavy atom. The molecule has 2 amide bonds. The number of carbonyl (C=O) groups excluding carboxylic acids is 2. The van der Waals surface area contributed by atoms with Gasteiger partial charge < -0.3 is 15.5 Å². The van der Waals surface area contributed by atoms with Gasteiger partial charge in [0.15, 0.2) is 13.1 Å². The van der Waals surface area contributed by atoms with E-state index in [-0.39, 0.29) is 24.9 Å². The van der Waals surface area contributed by atoms with Gasteiger partial charge in [0.2, 0.25) is 0 Å². The standard InChI is InChI=1S/C19H23N3O2S/c1-14-8-10-15(11-9-14)20-18(23)12-22(2)13-19(24)21-16-6-4-5-7-17(16)25-3/h4-11H,12-13H2,1-3H3,(H,20,23)(H,21,24)/p+1. The fraction of sp³-hybridized carbons (Fsp3) is 0.263. The van der Waals surface area contributed by atoms with E-state index in [1.165, 1.54) is 0 Å². The molecule has 2 aromatic rings. The first-order valence-corrected chi connectivity index (χ1v) is 9.31. The van der Waals surface area contributed by atoms with Crippen LogP contribution in [0.2, 0.25) is 0 Å². The molecule has 2 rings (SSSR count). The van der Waals surface area contributed by atoms with Gasteiger partial charge in [-0.15, -0.1) is 11.8 Å². The van der Waals surface area contributed by atoms with Gasteiger partial charge in [0.1, 0.15) is 0 Å². The number of quaternary nitrogens is 1. The summed E-state index contributed by atoms with van der Waals surface area (Å²) in [6.07, 6.45) is 1.97. The van der Waals surface area contributed by atoms with Crippen molar-refractivity contribution in [3.63, 3.8) is 0 Å². The average molecular weight is 358 g/mol. The third kappa shape index (κ3) is 6.25. The Morgan fingerprint density at radius 2 is 1.56 bits per heavy atom. The molecular formula is C19H24N3O2S+. The number of aryl methyl sites for hydroxylation is 1. The minimum absolute atomic E-state index is 0.109. The second-order valence-corrected chi connectivity index (χ2v) is 6.82. The molecule has 1 atom stereocenters. The van der Waals surface area contributed by atoms with E-state index in [0.29, 0.717) is 0 Å². The molecule has 132 valence electrons. The molecule has 0 saturated carbocycles. The molecule has 0 heterocycles. The van der Waals surface area contributed by atoms with Crippen LogP contribution >= 0.6 is 11.8 Å². The first-order valence-electron chi connectivity index (χ1n) is 8.08. The molecule has 0 bridgehead atoms. The van der Waals surface area contributed by atoms with E-state index in [1.54, 1.807) is 11.8 Å². The number of amides is 2. The molecule has 25 heavy (non-hydrogen) atoms. The second kappa shape index (κ2) is 9.25. The van der Waals surface area contributed by atoms with Gasteiger partial charge in [0.05, 0.1) is 12.7 Å². The first-order chi connectivity index (χ1) is 12.0. The first kappa shape index (κ1) is 19.0. The fourth-order valence-electron chi connectivity index (χ4n) is 2.40. The fourth-order valence-corrected chi connectivity index (χ4v) is 2.95. The number of likely N-dealkylation sites (N-methyl/N-ethyl adjacent to an activating group) is 1. The molecule has 0 spiro atoms. The van der Waals surface area contributed by atoms with Crippen LogP contribution in [0.4, 0.5) is 11.4 Å². The number of rotatable bonds is 7. The lowest BCUT2D eigenvalue weighted by Gasteiger charge is -2.14. The summed E-state index contributed by atoms with van der Waals surface area (Å²) in [5.74, 6) is -0.221. The lowest BCUT2D eigenvalue weighted by Crippen LogP contribution is -3.11. The highest BCUT2D eigenvalue weighted by molar-refractivity contribution is 7.98. The molecule has 5 nitrogen and oxygen atoms in total. The van der Waals surface area contributed by atoms with Gasteiger partial charge in [-0.3, -0.25) is 9.59 Å². The Labute approximate surface area is 152 Å². The molecule has 6 heteroatoms. The van der Waals surface area contributed by atoms with Gasteiger partial charge in [0, 0.05) is 10.6 Å². The number of anilines is 2. The number of hydrogen-bond acceptors (Lipinski definition) is 3. The predicted octanol–water partition coefficient (Wildman–Crippen LogP) is 1.81. The van der Waals surface area contributed by atoms with Gasteiger partial charge >= 0.3 is 0 Å². The van der Waals surface area contributed by atoms with Crippen LogP contribution in [0.25, 0.3) is 0 Å². The number of benzene rings is 2. The molecule has 0 fully saturated rings. The Bertz CT molecular complexity index is 732. The van der Waals surface area contributed by atoms with Gasteiger partial charge in [0.25, 0.3) is 11.8 Å². The summed E-state index contributed by atoms with van der Waals surface area (Å²) < 4.78 is 0. The summed E-state index contributed by atoms with van der Waals surface area (Å²) in [7, 11) is 1.83. The van der Waals surface area contributed by atoms with Gasteiger partial charge in [-0.25, -0.2) is 0 Å². The zero-order valence-corrected chi connectivity index (χ0v) is 15.6. The summed E-state index contributed by atoms with van der Waals surface area (Å²) in [6, 6.07) is 15.3. The average Bonchev–Trinajstić information content (AvgIpc) is 2.57. The van der Waals surface area contributed by atoms with Crippen LogP contribution in [0.5, 0.6) is 0 Å². The topological polar surface area (TPSA) is 62.6 Å². The van der Waals surface area contributed by atoms with E-state index in [2.05, 4.69) is 10.6 Å². The summed E-state index contributed by atoms with van der Waals surface area (Å²) in [4.78, 5) is 26.1. The maximum Gasteiger partial charge on any atom is 0.279 e. The van der Waals surface area contributed by atoms with Crippen molar-refractivity contribution in [2.75, 3.05) is 37.0 Å². The number of carbonyl (C=O) groups is 2. The largest absolute Gasteiger partial charge is 0.322 e. The monoisotopic (exact) mass is 358 g/mol. The van der Waals surface area contributed by atoms with E-state index in [0.717, 1.165) is 26.7 Å². The van der Waals surface area contributed by atoms with Crippen LogP contribution in [0, 0.1) is 6.92 Å². The van der Waals surface area contributed by atoms with Crippen molar-refractivity contribution in [2.24, 2.45) is 0 Å². The highest BCUT2D eigenvalue weighted by Gasteiger charge is 2.15. The molecule has 0 saturated heterocycles. The van der Waals surface area contributed by atoms with E-state index in [4.69, 9.17) is 0 Å². The molecule has 0 aromatic heterocycles. The molecule has 0 aliphatic carbocycles. The third-order valence-corrected chi connectivity index (χ3v) is 4.44. The van der Waals surface area contributed by atoms with Gasteiger partial charge in [-0.1, -0.05) is 29.8 Å². The lowest BCUT2D eigenvalue weighted by molar-refractivity contribution is -0.862. The molecule has 0 aliphatic heterocycles. The molecule has 3 N–H and O–H groups in total. The van der Waals surface area contributed by atoms with Crippen LogP contribution in [-0.4, -0.2) is 38.2 Å². The van der Waals surface area contributed by atoms with Crippen molar-refractivity contribution in [3.8, 4) is 0 Å². The lowest BCUT2D eigenvalue weighted by atomic mass is 10.2. The minimum atomic E-state index is -0.112. The summed E-state index contributed by atoms with van der Waals surface area (Å²) in [6.45, 7) is 2.45. The highest BCUT2D eigenvalue weighted by Crippen LogP contribution is 2.24. The molecule has 2 aromatic carbocycles. The quantitative estimate of drug-likeness (QED) is 0.662. The number of hydrogen-bond donors (Lipinski definition) is 3. The molecule has 1 unspecified atom stereocenters. The van der Waals surface area contributed by atoms with Crippen molar-refractivity contribution in [1.82, 2.24) is 0 Å². The number of nitrogens with one attached hydrogen (secondary N) is 3. The van der Waals surface area contributed by atoms with E-state index in [1.807, 2.05) is 68.8 Å². The SMILES string of the molecule is CSc1ccccc1NC(=O)C[NH+](C)CC(=O)Nc1ccc(C)cc1. The molecule has 0 aliphatic rings. The van der Waals surface area contributed by atoms with Gasteiger partial charge in [-0.05, 0) is 37.4 Å². The van der Waals surface area contributed by atoms with Crippen molar-refractivity contribution < 1.29 is 14.5 Å². The van der Waals surface area contributed by atoms with Gasteiger partial charge in [-0.2, -0.15) is 0 Å². The second-order valence-electron chi connectivity index (χ2n) is 5.97. The Kier molecular flexibility index (Phi) is 7.03. The number of thioether (sulfide) groups is 1. The van der Waals surface area contributed by atoms with E-state index < -0.39 is 0 Å². The maximum absolute atomic E-state index is 12.2. The molecular weight excluding hydrogens is 334 g/mol. The summed E-state index contributed by atoms with van der Waals surface area (Å²) in [5, 5.41) is 5.76. The Morgan fingerprint density at radius 3 is 2.20 bits per heavy atom. The van der Waals surface area contributed by atoms with Crippen LogP contribution in [-0.2, 0) is 9.59 Å². The molecule has 0 radical (unpaired) electrons. The van der Waals surface area contributed by atoms with Crippen molar-refractivity contribution in [1.29, 1.82) is 0 Å². The van der Waals surface area contributed by atoms with Crippen LogP contribution in [0.3, 0.4) is 0 Å². The zero-order chi connectivity index (χ0) is 18.2. The van der Waals surface area contributed by atoms with Crippen molar-refractivity contribution in [3.05, 3.63) is 54.1 Å². The Hall–Kier alpha value is -2.31. The van der Waals surface area contributed by atoms with Crippen LogP contribution in [0.15, 0.2) is 53.4 Å². The van der Waals surface area contributed by atoms with Crippen LogP contribution < -0.4 is 15.5 Å². The predicted molar refractivity (Wildman–Crippen MR) is 103 cm³/mol. The van der Waals surface area contributed by atoms with Crippen LogP contribution in [0.1, 0.15) is 5.56 Å². The Balaban J connectivity index is 1.82. The zero-order valence-electron chi connectivity index (χ0n) is 14.8. The van der Waals surface area contributed by atoms with Crippen molar-refractivity contribution >= 4 is 35.0 Å². The summed E-state index contributed by atoms with van der Waals surface area (Å²) >= 11 is 1.58. The number of para-hydroxylation sites is 1. The maximum atomic E-state index is 12.2. The van der Waals surface area contributed by atoms with E-state index in [9.17, 15) is 9.59 Å². The smallest absolute Gasteiger partial charge is 0.279 e. The van der Waals surface area contributed by atoms with E-state index >= 15 is 0 Å². The third-order valence-electron chi connectivity index (χ3n) is 3.64.